The van der Waals surface area contributed by atoms with Gasteiger partial charge < -0.3 is 15.2 Å². The van der Waals surface area contributed by atoms with Crippen molar-refractivity contribution >= 4 is 29.9 Å². The number of halogens is 1. The molecule has 1 saturated heterocycles. The van der Waals surface area contributed by atoms with Gasteiger partial charge in [-0.15, -0.1) is 24.0 Å². The summed E-state index contributed by atoms with van der Waals surface area (Å²) < 4.78 is 5.09. The van der Waals surface area contributed by atoms with Crippen molar-refractivity contribution in [1.82, 2.24) is 25.7 Å². The van der Waals surface area contributed by atoms with E-state index in [9.17, 15) is 0 Å². The number of rotatable bonds is 4. The molecule has 7 nitrogen and oxygen atoms in total. The number of aromatic nitrogens is 2. The van der Waals surface area contributed by atoms with Gasteiger partial charge in [0.1, 0.15) is 0 Å². The monoisotopic (exact) mass is 420 g/mol. The molecule has 2 fully saturated rings. The van der Waals surface area contributed by atoms with Crippen molar-refractivity contribution in [2.45, 2.75) is 45.3 Å². The zero-order valence-corrected chi connectivity index (χ0v) is 15.7. The summed E-state index contributed by atoms with van der Waals surface area (Å²) in [6.45, 7) is 6.89. The molecule has 1 aliphatic heterocycles. The van der Waals surface area contributed by atoms with Gasteiger partial charge in [-0.05, 0) is 25.7 Å². The van der Waals surface area contributed by atoms with Crippen molar-refractivity contribution in [1.29, 1.82) is 0 Å². The lowest BCUT2D eigenvalue weighted by Crippen LogP contribution is -2.46. The van der Waals surface area contributed by atoms with Crippen molar-refractivity contribution in [2.24, 2.45) is 10.9 Å². The zero-order valence-electron chi connectivity index (χ0n) is 13.4. The summed E-state index contributed by atoms with van der Waals surface area (Å²) in [6.07, 6.45) is 2.73. The van der Waals surface area contributed by atoms with Gasteiger partial charge in [0.25, 0.3) is 0 Å². The highest BCUT2D eigenvalue weighted by molar-refractivity contribution is 14.0. The van der Waals surface area contributed by atoms with Crippen LogP contribution in [0.3, 0.4) is 0 Å². The molecule has 0 radical (unpaired) electrons. The van der Waals surface area contributed by atoms with E-state index in [1.54, 1.807) is 7.05 Å². The van der Waals surface area contributed by atoms with Gasteiger partial charge in [-0.25, -0.2) is 0 Å². The molecule has 0 bridgehead atoms. The molecule has 0 spiro atoms. The first-order valence-electron chi connectivity index (χ1n) is 7.66. The van der Waals surface area contributed by atoms with Crippen LogP contribution in [0.2, 0.25) is 0 Å². The lowest BCUT2D eigenvalue weighted by Gasteiger charge is -2.19. The standard InChI is InChI=1S/C14H24N6O.HI/c1-9-7-20(11-4-5-11)8-12(9)18-14(15-3)16-6-13-17-10(2)19-21-13;/h9,11-12H,4-8H2,1-3H3,(H2,15,16,18);1H. The smallest absolute Gasteiger partial charge is 0.246 e. The third-order valence-corrected chi connectivity index (χ3v) is 4.23. The molecular weight excluding hydrogens is 395 g/mol. The third-order valence-electron chi connectivity index (χ3n) is 4.23. The van der Waals surface area contributed by atoms with E-state index >= 15 is 0 Å². The van der Waals surface area contributed by atoms with Crippen molar-refractivity contribution in [3.8, 4) is 0 Å². The maximum atomic E-state index is 5.09. The van der Waals surface area contributed by atoms with Crippen molar-refractivity contribution < 1.29 is 4.52 Å². The second kappa shape index (κ2) is 7.58. The third kappa shape index (κ3) is 4.31. The number of hydrogen-bond donors (Lipinski definition) is 2. The lowest BCUT2D eigenvalue weighted by molar-refractivity contribution is 0.315. The van der Waals surface area contributed by atoms with Crippen LogP contribution in [0.5, 0.6) is 0 Å². The van der Waals surface area contributed by atoms with Gasteiger partial charge in [0.05, 0.1) is 6.54 Å². The first kappa shape index (κ1) is 17.5. The summed E-state index contributed by atoms with van der Waals surface area (Å²) in [4.78, 5) is 11.0. The van der Waals surface area contributed by atoms with Gasteiger partial charge in [-0.1, -0.05) is 12.1 Å². The first-order chi connectivity index (χ1) is 10.2. The van der Waals surface area contributed by atoms with Crippen molar-refractivity contribution in [3.63, 3.8) is 0 Å². The van der Waals surface area contributed by atoms with Crippen LogP contribution in [-0.2, 0) is 6.54 Å². The number of nitrogens with zero attached hydrogens (tertiary/aromatic N) is 4. The molecular formula is C14H25IN6O. The molecule has 1 aromatic rings. The van der Waals surface area contributed by atoms with E-state index in [1.807, 2.05) is 6.92 Å². The van der Waals surface area contributed by atoms with Gasteiger partial charge in [-0.3, -0.25) is 9.89 Å². The Morgan fingerprint density at radius 3 is 2.77 bits per heavy atom. The molecule has 22 heavy (non-hydrogen) atoms. The fraction of sp³-hybridized carbons (Fsp3) is 0.786. The maximum Gasteiger partial charge on any atom is 0.246 e. The Morgan fingerprint density at radius 1 is 1.41 bits per heavy atom. The number of nitrogens with one attached hydrogen (secondary N) is 2. The summed E-state index contributed by atoms with van der Waals surface area (Å²) in [7, 11) is 1.78. The summed E-state index contributed by atoms with van der Waals surface area (Å²) in [5, 5.41) is 10.5. The van der Waals surface area contributed by atoms with Crippen LogP contribution in [-0.4, -0.2) is 53.2 Å². The molecule has 124 valence electrons. The van der Waals surface area contributed by atoms with Crippen LogP contribution in [0, 0.1) is 12.8 Å². The topological polar surface area (TPSA) is 78.6 Å². The highest BCUT2D eigenvalue weighted by Crippen LogP contribution is 2.31. The SMILES string of the molecule is CN=C(NCc1nc(C)no1)NC1CN(C2CC2)CC1C.I. The molecule has 1 aliphatic carbocycles. The lowest BCUT2D eigenvalue weighted by atomic mass is 10.1. The average molecular weight is 420 g/mol. The second-order valence-electron chi connectivity index (χ2n) is 6.07. The van der Waals surface area contributed by atoms with Crippen LogP contribution in [0.1, 0.15) is 31.5 Å². The predicted octanol–water partition coefficient (Wildman–Crippen LogP) is 1.14. The summed E-state index contributed by atoms with van der Waals surface area (Å²) >= 11 is 0. The highest BCUT2D eigenvalue weighted by atomic mass is 127. The van der Waals surface area contributed by atoms with Crippen LogP contribution >= 0.6 is 24.0 Å². The van der Waals surface area contributed by atoms with Gasteiger partial charge in [0, 0.05) is 32.2 Å². The molecule has 8 heteroatoms. The molecule has 2 atom stereocenters. The molecule has 2 aliphatic rings. The molecule has 0 amide bonds. The van der Waals surface area contributed by atoms with Gasteiger partial charge in [0.2, 0.25) is 5.89 Å². The Hall–Kier alpha value is -0.900. The van der Waals surface area contributed by atoms with Gasteiger partial charge >= 0.3 is 0 Å². The Morgan fingerprint density at radius 2 is 2.18 bits per heavy atom. The van der Waals surface area contributed by atoms with E-state index in [0.717, 1.165) is 18.5 Å². The van der Waals surface area contributed by atoms with E-state index in [2.05, 4.69) is 37.6 Å². The number of aryl methyl sites for hydroxylation is 1. The fourth-order valence-corrected chi connectivity index (χ4v) is 2.87. The first-order valence-corrected chi connectivity index (χ1v) is 7.66. The van der Waals surface area contributed by atoms with Crippen LogP contribution < -0.4 is 10.6 Å². The minimum atomic E-state index is 0. The Labute approximate surface area is 148 Å². The van der Waals surface area contributed by atoms with Crippen LogP contribution in [0.15, 0.2) is 9.52 Å². The Kier molecular flexibility index (Phi) is 6.01. The van der Waals surface area contributed by atoms with Crippen LogP contribution in [0.25, 0.3) is 0 Å². The number of aliphatic imine (C=N–C) groups is 1. The molecule has 3 rings (SSSR count). The zero-order chi connectivity index (χ0) is 14.8. The molecule has 2 N–H and O–H groups in total. The summed E-state index contributed by atoms with van der Waals surface area (Å²) in [6, 6.07) is 1.27. The normalized spacial score (nSPS) is 25.9. The van der Waals surface area contributed by atoms with E-state index in [0.29, 0.717) is 30.2 Å². The van der Waals surface area contributed by atoms with Crippen LogP contribution in [0.4, 0.5) is 0 Å². The van der Waals surface area contributed by atoms with E-state index in [-0.39, 0.29) is 24.0 Å². The van der Waals surface area contributed by atoms with E-state index in [1.165, 1.54) is 19.4 Å². The summed E-state index contributed by atoms with van der Waals surface area (Å²) in [5.74, 6) is 2.66. The fourth-order valence-electron chi connectivity index (χ4n) is 2.87. The average Bonchev–Trinajstić information content (AvgIpc) is 3.14. The highest BCUT2D eigenvalue weighted by Gasteiger charge is 2.38. The van der Waals surface area contributed by atoms with E-state index < -0.39 is 0 Å². The minimum Gasteiger partial charge on any atom is -0.352 e. The quantitative estimate of drug-likeness (QED) is 0.432. The van der Waals surface area contributed by atoms with Crippen molar-refractivity contribution in [3.05, 3.63) is 11.7 Å². The van der Waals surface area contributed by atoms with Crippen molar-refractivity contribution in [2.75, 3.05) is 20.1 Å². The molecule has 2 unspecified atom stereocenters. The van der Waals surface area contributed by atoms with E-state index in [4.69, 9.17) is 4.52 Å². The molecule has 0 aromatic carbocycles. The molecule has 1 saturated carbocycles. The number of likely N-dealkylation sites (tertiary alicyclic amines) is 1. The Bertz CT molecular complexity index is 515. The Balaban J connectivity index is 0.00000176. The number of guanidine groups is 1. The maximum absolute atomic E-state index is 5.09. The van der Waals surface area contributed by atoms with Gasteiger partial charge in [0.15, 0.2) is 11.8 Å². The minimum absolute atomic E-state index is 0. The predicted molar refractivity (Wildman–Crippen MR) is 95.3 cm³/mol. The molecule has 1 aromatic heterocycles. The second-order valence-corrected chi connectivity index (χ2v) is 6.07. The van der Waals surface area contributed by atoms with Gasteiger partial charge in [-0.2, -0.15) is 4.98 Å². The largest absolute Gasteiger partial charge is 0.352 e. The molecule has 2 heterocycles. The summed E-state index contributed by atoms with van der Waals surface area (Å²) in [5.41, 5.74) is 0. The number of hydrogen-bond acceptors (Lipinski definition) is 5.